The van der Waals surface area contributed by atoms with Crippen LogP contribution < -0.4 is 9.80 Å². The van der Waals surface area contributed by atoms with Crippen molar-refractivity contribution in [1.82, 2.24) is 19.7 Å². The first-order chi connectivity index (χ1) is 14.8. The third-order valence-electron chi connectivity index (χ3n) is 5.82. The molecule has 0 aromatic carbocycles. The number of hydrogen-bond donors (Lipinski definition) is 0. The number of hydrogen-bond acceptors (Lipinski definition) is 6. The first kappa shape index (κ1) is 22.3. The average Bonchev–Trinajstić information content (AvgIpc) is 3.38. The van der Waals surface area contributed by atoms with E-state index in [1.165, 1.54) is 7.05 Å². The second-order valence-corrected chi connectivity index (χ2v) is 9.09. The maximum absolute atomic E-state index is 13.0. The Balaban J connectivity index is 1.51. The first-order valence-electron chi connectivity index (χ1n) is 10.5. The van der Waals surface area contributed by atoms with Crippen LogP contribution in [0.25, 0.3) is 0 Å². The predicted octanol–water partition coefficient (Wildman–Crippen LogP) is 4.00. The molecule has 2 aromatic heterocycles. The van der Waals surface area contributed by atoms with Gasteiger partial charge in [-0.1, -0.05) is 0 Å². The van der Waals surface area contributed by atoms with Crippen molar-refractivity contribution in [3.8, 4) is 0 Å². The van der Waals surface area contributed by atoms with Crippen LogP contribution in [0.2, 0.25) is 0 Å². The van der Waals surface area contributed by atoms with Gasteiger partial charge in [0.15, 0.2) is 0 Å². The Morgan fingerprint density at radius 2 is 1.97 bits per heavy atom. The van der Waals surface area contributed by atoms with Gasteiger partial charge in [0.2, 0.25) is 5.95 Å². The fourth-order valence-electron chi connectivity index (χ4n) is 4.32. The first-order valence-corrected chi connectivity index (χ1v) is 11.3. The molecular formula is C20H26BrF3N6O. The number of piperidine rings is 1. The zero-order valence-electron chi connectivity index (χ0n) is 17.4. The highest BCUT2D eigenvalue weighted by Gasteiger charge is 2.34. The molecule has 1 unspecified atom stereocenters. The summed E-state index contributed by atoms with van der Waals surface area (Å²) < 4.78 is 47.5. The van der Waals surface area contributed by atoms with Crippen LogP contribution in [0.15, 0.2) is 22.8 Å². The number of aromatic nitrogens is 4. The lowest BCUT2D eigenvalue weighted by atomic mass is 9.95. The minimum atomic E-state index is -4.31. The normalized spacial score (nSPS) is 20.4. The van der Waals surface area contributed by atoms with E-state index in [4.69, 9.17) is 4.74 Å². The van der Waals surface area contributed by atoms with Crippen molar-refractivity contribution in [3.05, 3.63) is 28.6 Å². The summed E-state index contributed by atoms with van der Waals surface area (Å²) in [6.45, 7) is 1.72. The summed E-state index contributed by atoms with van der Waals surface area (Å²) >= 11 is 3.40. The van der Waals surface area contributed by atoms with E-state index in [2.05, 4.69) is 36.0 Å². The maximum atomic E-state index is 13.0. The van der Waals surface area contributed by atoms with Crippen LogP contribution in [0.3, 0.4) is 0 Å². The number of rotatable bonds is 6. The van der Waals surface area contributed by atoms with Crippen molar-refractivity contribution in [1.29, 1.82) is 0 Å². The molecule has 0 saturated carbocycles. The molecule has 2 fully saturated rings. The van der Waals surface area contributed by atoms with Gasteiger partial charge in [-0.3, -0.25) is 4.57 Å². The third kappa shape index (κ3) is 5.49. The van der Waals surface area contributed by atoms with Crippen molar-refractivity contribution in [2.75, 3.05) is 43.1 Å². The fraction of sp³-hybridized carbons (Fsp3) is 0.650. The van der Waals surface area contributed by atoms with Crippen LogP contribution in [-0.4, -0.2) is 65.3 Å². The number of alkyl halides is 3. The lowest BCUT2D eigenvalue weighted by Crippen LogP contribution is -2.35. The monoisotopic (exact) mass is 502 g/mol. The van der Waals surface area contributed by atoms with Crippen molar-refractivity contribution < 1.29 is 17.9 Å². The molecule has 2 aromatic rings. The number of pyridine rings is 1. The van der Waals surface area contributed by atoms with Gasteiger partial charge < -0.3 is 14.5 Å². The second-order valence-electron chi connectivity index (χ2n) is 8.17. The summed E-state index contributed by atoms with van der Waals surface area (Å²) in [5.41, 5.74) is 0. The van der Waals surface area contributed by atoms with E-state index in [0.717, 1.165) is 59.8 Å². The maximum Gasteiger partial charge on any atom is 0.406 e. The SMILES string of the molecule is CN(CC(F)(F)F)c1nnc(C2CCN(c3ccc(Br)cn3)CC2)n1CC1CCCO1. The summed E-state index contributed by atoms with van der Waals surface area (Å²) in [5.74, 6) is 2.06. The number of nitrogens with zero attached hydrogens (tertiary/aromatic N) is 6. The van der Waals surface area contributed by atoms with Gasteiger partial charge in [0.1, 0.15) is 18.2 Å². The van der Waals surface area contributed by atoms with Crippen molar-refractivity contribution in [2.24, 2.45) is 0 Å². The topological polar surface area (TPSA) is 59.3 Å². The molecule has 4 heterocycles. The van der Waals surface area contributed by atoms with Crippen molar-refractivity contribution in [2.45, 2.75) is 50.4 Å². The number of ether oxygens (including phenoxy) is 1. The molecule has 2 aliphatic rings. The molecule has 2 aliphatic heterocycles. The molecule has 31 heavy (non-hydrogen) atoms. The van der Waals surface area contributed by atoms with Crippen molar-refractivity contribution >= 4 is 27.7 Å². The third-order valence-corrected chi connectivity index (χ3v) is 6.29. The van der Waals surface area contributed by atoms with Crippen LogP contribution in [0, 0.1) is 0 Å². The Kier molecular flexibility index (Phi) is 6.71. The highest BCUT2D eigenvalue weighted by atomic mass is 79.9. The lowest BCUT2D eigenvalue weighted by molar-refractivity contribution is -0.119. The van der Waals surface area contributed by atoms with Crippen LogP contribution >= 0.6 is 15.9 Å². The quantitative estimate of drug-likeness (QED) is 0.594. The second kappa shape index (κ2) is 9.32. The molecule has 0 aliphatic carbocycles. The fourth-order valence-corrected chi connectivity index (χ4v) is 4.55. The molecule has 11 heteroatoms. The molecule has 0 radical (unpaired) electrons. The summed E-state index contributed by atoms with van der Waals surface area (Å²) in [5, 5.41) is 8.51. The average molecular weight is 503 g/mol. The molecule has 0 amide bonds. The lowest BCUT2D eigenvalue weighted by Gasteiger charge is -2.33. The Hall–Kier alpha value is -1.88. The molecule has 7 nitrogen and oxygen atoms in total. The Morgan fingerprint density at radius 1 is 1.19 bits per heavy atom. The van der Waals surface area contributed by atoms with E-state index in [1.807, 2.05) is 16.7 Å². The summed E-state index contributed by atoms with van der Waals surface area (Å²) in [4.78, 5) is 7.82. The molecule has 0 N–H and O–H groups in total. The standard InChI is InChI=1S/C20H26BrF3N6O/c1-28(13-20(22,23)24)19-27-26-18(30(19)12-16-3-2-10-31-16)14-6-8-29(9-7-14)17-5-4-15(21)11-25-17/h4-5,11,14,16H,2-3,6-10,12-13H2,1H3. The van der Waals surface area contributed by atoms with Crippen LogP contribution in [0.4, 0.5) is 24.9 Å². The summed E-state index contributed by atoms with van der Waals surface area (Å²) in [6.07, 6.45) is 0.998. The van der Waals surface area contributed by atoms with Gasteiger partial charge in [0, 0.05) is 43.3 Å². The summed E-state index contributed by atoms with van der Waals surface area (Å²) in [6, 6.07) is 3.95. The minimum Gasteiger partial charge on any atom is -0.376 e. The molecule has 170 valence electrons. The van der Waals surface area contributed by atoms with E-state index >= 15 is 0 Å². The highest BCUT2D eigenvalue weighted by molar-refractivity contribution is 9.10. The zero-order chi connectivity index (χ0) is 22.0. The molecule has 0 bridgehead atoms. The van der Waals surface area contributed by atoms with E-state index in [9.17, 15) is 13.2 Å². The summed E-state index contributed by atoms with van der Waals surface area (Å²) in [7, 11) is 1.41. The smallest absolute Gasteiger partial charge is 0.376 e. The highest BCUT2D eigenvalue weighted by Crippen LogP contribution is 2.32. The largest absolute Gasteiger partial charge is 0.406 e. The number of anilines is 2. The van der Waals surface area contributed by atoms with Gasteiger partial charge in [0.25, 0.3) is 0 Å². The Morgan fingerprint density at radius 3 is 2.58 bits per heavy atom. The van der Waals surface area contributed by atoms with Crippen LogP contribution in [0.1, 0.15) is 37.4 Å². The van der Waals surface area contributed by atoms with E-state index in [1.54, 1.807) is 6.20 Å². The van der Waals surface area contributed by atoms with Gasteiger partial charge in [-0.2, -0.15) is 13.2 Å². The van der Waals surface area contributed by atoms with Crippen LogP contribution in [-0.2, 0) is 11.3 Å². The van der Waals surface area contributed by atoms with E-state index in [-0.39, 0.29) is 18.0 Å². The van der Waals surface area contributed by atoms with Gasteiger partial charge in [0.05, 0.1) is 12.6 Å². The number of halogens is 4. The van der Waals surface area contributed by atoms with Crippen LogP contribution in [0.5, 0.6) is 0 Å². The predicted molar refractivity (Wildman–Crippen MR) is 114 cm³/mol. The molecular weight excluding hydrogens is 477 g/mol. The van der Waals surface area contributed by atoms with Gasteiger partial charge in [-0.05, 0) is 53.7 Å². The molecule has 1 atom stereocenters. The van der Waals surface area contributed by atoms with E-state index < -0.39 is 12.7 Å². The molecule has 2 saturated heterocycles. The molecule has 0 spiro atoms. The minimum absolute atomic E-state index is 0.0140. The van der Waals surface area contributed by atoms with Crippen molar-refractivity contribution in [3.63, 3.8) is 0 Å². The van der Waals surface area contributed by atoms with Gasteiger partial charge in [-0.25, -0.2) is 4.98 Å². The van der Waals surface area contributed by atoms with Gasteiger partial charge >= 0.3 is 6.18 Å². The molecule has 4 rings (SSSR count). The van der Waals surface area contributed by atoms with E-state index in [0.29, 0.717) is 13.2 Å². The van der Waals surface area contributed by atoms with Gasteiger partial charge in [-0.15, -0.1) is 10.2 Å². The Bertz CT molecular complexity index is 861. The Labute approximate surface area is 187 Å². The zero-order valence-corrected chi connectivity index (χ0v) is 18.9.